The van der Waals surface area contributed by atoms with E-state index in [2.05, 4.69) is 0 Å². The molecule has 0 saturated heterocycles. The fraction of sp³-hybridized carbons (Fsp3) is 0.480. The maximum atomic E-state index is 13.5. The summed E-state index contributed by atoms with van der Waals surface area (Å²) in [7, 11) is 0. The number of fused-ring (bicyclic) bond motifs is 1. The van der Waals surface area contributed by atoms with Crippen molar-refractivity contribution in [2.24, 2.45) is 11.8 Å². The number of carbonyl (C=O) groups is 1. The van der Waals surface area contributed by atoms with Gasteiger partial charge in [0.05, 0.1) is 12.1 Å². The number of amides is 1. The van der Waals surface area contributed by atoms with Crippen LogP contribution < -0.4 is 11.2 Å². The van der Waals surface area contributed by atoms with Gasteiger partial charge in [-0.25, -0.2) is 4.79 Å². The summed E-state index contributed by atoms with van der Waals surface area (Å²) in [5, 5.41) is 2.45. The lowest BCUT2D eigenvalue weighted by Crippen LogP contribution is -2.42. The monoisotopic (exact) mass is 487 g/mol. The minimum Gasteiger partial charge on any atom is -0.343 e. The molecule has 0 aliphatic heterocycles. The van der Waals surface area contributed by atoms with Gasteiger partial charge in [-0.15, -0.1) is 11.3 Å². The number of hydrogen-bond acceptors (Lipinski definition) is 4. The van der Waals surface area contributed by atoms with Gasteiger partial charge < -0.3 is 4.90 Å². The molecule has 6 nitrogen and oxygen atoms in total. The van der Waals surface area contributed by atoms with Crippen molar-refractivity contribution in [2.45, 2.75) is 52.6 Å². The normalized spacial score (nSPS) is 18.5. The van der Waals surface area contributed by atoms with E-state index in [1.807, 2.05) is 48.4 Å². The van der Waals surface area contributed by atoms with Crippen molar-refractivity contribution >= 4 is 39.1 Å². The first-order chi connectivity index (χ1) is 15.9. The van der Waals surface area contributed by atoms with Crippen molar-refractivity contribution in [1.82, 2.24) is 14.0 Å². The Bertz CT molecular complexity index is 1250. The molecule has 0 unspecified atom stereocenters. The molecule has 33 heavy (non-hydrogen) atoms. The Hall–Kier alpha value is -2.38. The predicted molar refractivity (Wildman–Crippen MR) is 134 cm³/mol. The molecule has 0 atom stereocenters. The van der Waals surface area contributed by atoms with Gasteiger partial charge in [0, 0.05) is 30.6 Å². The van der Waals surface area contributed by atoms with Gasteiger partial charge in [-0.1, -0.05) is 29.8 Å². The Morgan fingerprint density at radius 3 is 2.42 bits per heavy atom. The second-order valence-electron chi connectivity index (χ2n) is 8.74. The molecule has 1 aliphatic rings. The molecule has 1 amide bonds. The average molecular weight is 488 g/mol. The summed E-state index contributed by atoms with van der Waals surface area (Å²) < 4.78 is 3.64. The van der Waals surface area contributed by atoms with E-state index < -0.39 is 0 Å². The van der Waals surface area contributed by atoms with Crippen LogP contribution in [0.5, 0.6) is 0 Å². The number of rotatable bonds is 7. The Morgan fingerprint density at radius 1 is 1.06 bits per heavy atom. The molecule has 176 valence electrons. The van der Waals surface area contributed by atoms with Gasteiger partial charge in [-0.2, -0.15) is 0 Å². The Morgan fingerprint density at radius 2 is 1.76 bits per heavy atom. The van der Waals surface area contributed by atoms with E-state index in [-0.39, 0.29) is 29.0 Å². The standard InChI is InChI=1S/C25H30ClN3O3S/c1-3-27(4-2)23(30)18-11-9-17(10-12-18)15-29-24(31)22-21(13-14-33-22)28(25(29)32)16-19-7-5-6-8-20(19)26/h5-8,13-14,17-18H,3-4,9-12,15-16H2,1-2H3. The van der Waals surface area contributed by atoms with Gasteiger partial charge in [0.25, 0.3) is 5.56 Å². The number of halogens is 1. The zero-order chi connectivity index (χ0) is 23.5. The fourth-order valence-corrected chi connectivity index (χ4v) is 5.93. The highest BCUT2D eigenvalue weighted by Gasteiger charge is 2.29. The van der Waals surface area contributed by atoms with Crippen molar-refractivity contribution in [3.63, 3.8) is 0 Å². The molecule has 1 aromatic carbocycles. The Kier molecular flexibility index (Phi) is 7.39. The Labute approximate surface area is 202 Å². The molecule has 1 aliphatic carbocycles. The second-order valence-corrected chi connectivity index (χ2v) is 10.1. The van der Waals surface area contributed by atoms with Crippen molar-refractivity contribution in [1.29, 1.82) is 0 Å². The van der Waals surface area contributed by atoms with Gasteiger partial charge in [-0.3, -0.25) is 18.7 Å². The van der Waals surface area contributed by atoms with E-state index >= 15 is 0 Å². The van der Waals surface area contributed by atoms with Gasteiger partial charge in [0.1, 0.15) is 4.70 Å². The first-order valence-electron chi connectivity index (χ1n) is 11.7. The summed E-state index contributed by atoms with van der Waals surface area (Å²) in [5.74, 6) is 0.495. The first kappa shape index (κ1) is 23.8. The van der Waals surface area contributed by atoms with Gasteiger partial charge in [0.15, 0.2) is 0 Å². The molecule has 2 heterocycles. The molecule has 0 radical (unpaired) electrons. The van der Waals surface area contributed by atoms with Crippen LogP contribution in [0.25, 0.3) is 10.2 Å². The topological polar surface area (TPSA) is 64.3 Å². The van der Waals surface area contributed by atoms with E-state index in [0.717, 1.165) is 44.3 Å². The maximum Gasteiger partial charge on any atom is 0.331 e. The molecular weight excluding hydrogens is 458 g/mol. The summed E-state index contributed by atoms with van der Waals surface area (Å²) in [5.41, 5.74) is 0.975. The number of hydrogen-bond donors (Lipinski definition) is 0. The van der Waals surface area contributed by atoms with Gasteiger partial charge >= 0.3 is 5.69 Å². The smallest absolute Gasteiger partial charge is 0.331 e. The average Bonchev–Trinajstić information content (AvgIpc) is 3.32. The highest BCUT2D eigenvalue weighted by Crippen LogP contribution is 2.31. The van der Waals surface area contributed by atoms with Crippen LogP contribution in [0.4, 0.5) is 0 Å². The third kappa shape index (κ3) is 4.80. The lowest BCUT2D eigenvalue weighted by Gasteiger charge is -2.31. The highest BCUT2D eigenvalue weighted by atomic mass is 35.5. The zero-order valence-corrected chi connectivity index (χ0v) is 20.7. The van der Waals surface area contributed by atoms with Crippen molar-refractivity contribution in [2.75, 3.05) is 13.1 Å². The molecule has 2 aromatic heterocycles. The molecule has 1 saturated carbocycles. The van der Waals surface area contributed by atoms with Crippen LogP contribution in [0.2, 0.25) is 5.02 Å². The molecule has 4 rings (SSSR count). The van der Waals surface area contributed by atoms with Crippen LogP contribution in [-0.2, 0) is 17.9 Å². The van der Waals surface area contributed by atoms with Crippen molar-refractivity contribution < 1.29 is 4.79 Å². The molecule has 0 bridgehead atoms. The van der Waals surface area contributed by atoms with Crippen LogP contribution in [0.1, 0.15) is 45.1 Å². The number of benzene rings is 1. The zero-order valence-electron chi connectivity index (χ0n) is 19.1. The van der Waals surface area contributed by atoms with Crippen LogP contribution in [-0.4, -0.2) is 33.0 Å². The summed E-state index contributed by atoms with van der Waals surface area (Å²) in [6, 6.07) is 9.29. The summed E-state index contributed by atoms with van der Waals surface area (Å²) in [4.78, 5) is 41.2. The Balaban J connectivity index is 1.58. The lowest BCUT2D eigenvalue weighted by atomic mass is 9.81. The molecule has 8 heteroatoms. The van der Waals surface area contributed by atoms with Crippen LogP contribution in [0.3, 0.4) is 0 Å². The van der Waals surface area contributed by atoms with Crippen molar-refractivity contribution in [3.05, 3.63) is 67.1 Å². The first-order valence-corrected chi connectivity index (χ1v) is 12.9. The molecule has 1 fully saturated rings. The van der Waals surface area contributed by atoms with Crippen LogP contribution in [0, 0.1) is 11.8 Å². The van der Waals surface area contributed by atoms with Crippen LogP contribution in [0.15, 0.2) is 45.3 Å². The predicted octanol–water partition coefficient (Wildman–Crippen LogP) is 4.60. The van der Waals surface area contributed by atoms with E-state index in [1.54, 1.807) is 10.6 Å². The maximum absolute atomic E-state index is 13.5. The third-order valence-corrected chi connectivity index (χ3v) is 8.09. The summed E-state index contributed by atoms with van der Waals surface area (Å²) in [6.07, 6.45) is 3.31. The SMILES string of the molecule is CCN(CC)C(=O)C1CCC(Cn2c(=O)c3sccc3n(Cc3ccccc3Cl)c2=O)CC1. The lowest BCUT2D eigenvalue weighted by molar-refractivity contribution is -0.136. The molecule has 3 aromatic rings. The summed E-state index contributed by atoms with van der Waals surface area (Å²) >= 11 is 7.71. The minimum absolute atomic E-state index is 0.0505. The highest BCUT2D eigenvalue weighted by molar-refractivity contribution is 7.17. The number of nitrogens with zero attached hydrogens (tertiary/aromatic N) is 3. The second kappa shape index (κ2) is 10.3. The quantitative estimate of drug-likeness (QED) is 0.489. The molecule has 0 N–H and O–H groups in total. The summed E-state index contributed by atoms with van der Waals surface area (Å²) in [6.45, 7) is 6.19. The number of thiophene rings is 1. The molecular formula is C25H30ClN3O3S. The van der Waals surface area contributed by atoms with E-state index in [1.165, 1.54) is 15.9 Å². The van der Waals surface area contributed by atoms with E-state index in [9.17, 15) is 14.4 Å². The van der Waals surface area contributed by atoms with Crippen molar-refractivity contribution in [3.8, 4) is 0 Å². The van der Waals surface area contributed by atoms with E-state index in [0.29, 0.717) is 28.3 Å². The van der Waals surface area contributed by atoms with Crippen LogP contribution >= 0.6 is 22.9 Å². The van der Waals surface area contributed by atoms with Gasteiger partial charge in [0.2, 0.25) is 5.91 Å². The fourth-order valence-electron chi connectivity index (χ4n) is 4.89. The van der Waals surface area contributed by atoms with E-state index in [4.69, 9.17) is 11.6 Å². The third-order valence-electron chi connectivity index (χ3n) is 6.83. The van der Waals surface area contributed by atoms with Gasteiger partial charge in [-0.05, 0) is 68.5 Å². The number of aromatic nitrogens is 2. The molecule has 0 spiro atoms. The largest absolute Gasteiger partial charge is 0.343 e. The number of carbonyl (C=O) groups excluding carboxylic acids is 1. The minimum atomic E-state index is -0.299.